The van der Waals surface area contributed by atoms with Crippen LogP contribution >= 0.6 is 0 Å². The molecule has 0 radical (unpaired) electrons. The van der Waals surface area contributed by atoms with Crippen molar-refractivity contribution < 1.29 is 0 Å². The summed E-state index contributed by atoms with van der Waals surface area (Å²) in [6.45, 7) is 4.55. The van der Waals surface area contributed by atoms with Gasteiger partial charge >= 0.3 is 0 Å². The van der Waals surface area contributed by atoms with E-state index in [0.29, 0.717) is 0 Å². The molecule has 0 spiro atoms. The van der Waals surface area contributed by atoms with E-state index >= 15 is 0 Å². The molecule has 0 aliphatic carbocycles. The zero-order chi connectivity index (χ0) is 14.3. The van der Waals surface area contributed by atoms with Crippen LogP contribution in [-0.4, -0.2) is 24.5 Å². The van der Waals surface area contributed by atoms with Gasteiger partial charge in [0, 0.05) is 25.3 Å². The molecule has 0 unspecified atom stereocenters. The monoisotopic (exact) mass is 280 g/mol. The predicted molar refractivity (Wildman–Crippen MR) is 89.6 cm³/mol. The number of anilines is 1. The molecule has 1 aliphatic heterocycles. The highest BCUT2D eigenvalue weighted by atomic mass is 15.1. The Morgan fingerprint density at radius 1 is 0.905 bits per heavy atom. The standard InChI is InChI=1S/C19H24N2/c1-2-11-19(12-3-1)20-13-7-15-21-14-6-10-17-8-4-5-9-18(17)16-21/h1-5,8-9,11-12,20H,6-7,10,13-16H2. The van der Waals surface area contributed by atoms with Gasteiger partial charge in [0.15, 0.2) is 0 Å². The SMILES string of the molecule is c1ccc(NCCCN2CCCc3ccccc3C2)cc1. The van der Waals surface area contributed by atoms with E-state index < -0.39 is 0 Å². The van der Waals surface area contributed by atoms with E-state index in [4.69, 9.17) is 0 Å². The van der Waals surface area contributed by atoms with Gasteiger partial charge in [0.2, 0.25) is 0 Å². The lowest BCUT2D eigenvalue weighted by atomic mass is 10.0. The summed E-state index contributed by atoms with van der Waals surface area (Å²) in [6.07, 6.45) is 3.70. The average molecular weight is 280 g/mol. The van der Waals surface area contributed by atoms with Crippen LogP contribution in [0.2, 0.25) is 0 Å². The maximum absolute atomic E-state index is 3.49. The van der Waals surface area contributed by atoms with Crippen LogP contribution in [0.15, 0.2) is 54.6 Å². The molecular formula is C19H24N2. The first-order chi connectivity index (χ1) is 10.4. The molecule has 0 bridgehead atoms. The Kier molecular flexibility index (Phi) is 4.90. The van der Waals surface area contributed by atoms with E-state index in [1.54, 1.807) is 5.56 Å². The van der Waals surface area contributed by atoms with Crippen molar-refractivity contribution in [3.8, 4) is 0 Å². The fraction of sp³-hybridized carbons (Fsp3) is 0.368. The third-order valence-electron chi connectivity index (χ3n) is 4.19. The predicted octanol–water partition coefficient (Wildman–Crippen LogP) is 3.94. The summed E-state index contributed by atoms with van der Waals surface area (Å²) < 4.78 is 0. The van der Waals surface area contributed by atoms with Crippen molar-refractivity contribution in [3.63, 3.8) is 0 Å². The van der Waals surface area contributed by atoms with Crippen molar-refractivity contribution >= 4 is 5.69 Å². The summed E-state index contributed by atoms with van der Waals surface area (Å²) in [5.74, 6) is 0. The van der Waals surface area contributed by atoms with Gasteiger partial charge in [0.25, 0.3) is 0 Å². The van der Waals surface area contributed by atoms with Gasteiger partial charge in [0.05, 0.1) is 0 Å². The fourth-order valence-corrected chi connectivity index (χ4v) is 3.05. The molecule has 3 rings (SSSR count). The Hall–Kier alpha value is -1.80. The van der Waals surface area contributed by atoms with E-state index in [2.05, 4.69) is 64.8 Å². The highest BCUT2D eigenvalue weighted by Gasteiger charge is 2.13. The van der Waals surface area contributed by atoms with Gasteiger partial charge in [-0.2, -0.15) is 0 Å². The molecule has 0 saturated heterocycles. The number of benzene rings is 2. The third kappa shape index (κ3) is 4.08. The van der Waals surface area contributed by atoms with Gasteiger partial charge < -0.3 is 5.32 Å². The van der Waals surface area contributed by atoms with Crippen LogP contribution in [0.4, 0.5) is 5.69 Å². The fourth-order valence-electron chi connectivity index (χ4n) is 3.05. The Labute approximate surface area is 127 Å². The molecule has 1 heterocycles. The van der Waals surface area contributed by atoms with Crippen LogP contribution in [0, 0.1) is 0 Å². The van der Waals surface area contributed by atoms with Crippen molar-refractivity contribution in [1.82, 2.24) is 4.90 Å². The lowest BCUT2D eigenvalue weighted by Crippen LogP contribution is -2.25. The topological polar surface area (TPSA) is 15.3 Å². The maximum atomic E-state index is 3.49. The number of fused-ring (bicyclic) bond motifs is 1. The lowest BCUT2D eigenvalue weighted by molar-refractivity contribution is 0.269. The summed E-state index contributed by atoms with van der Waals surface area (Å²) >= 11 is 0. The van der Waals surface area contributed by atoms with E-state index in [0.717, 1.165) is 13.1 Å². The van der Waals surface area contributed by atoms with Crippen LogP contribution in [0.25, 0.3) is 0 Å². The number of para-hydroxylation sites is 1. The molecule has 2 nitrogen and oxygen atoms in total. The van der Waals surface area contributed by atoms with E-state index in [-0.39, 0.29) is 0 Å². The molecular weight excluding hydrogens is 256 g/mol. The van der Waals surface area contributed by atoms with Crippen molar-refractivity contribution in [1.29, 1.82) is 0 Å². The minimum Gasteiger partial charge on any atom is -0.385 e. The van der Waals surface area contributed by atoms with Gasteiger partial charge in [-0.1, -0.05) is 42.5 Å². The Morgan fingerprint density at radius 3 is 2.52 bits per heavy atom. The average Bonchev–Trinajstić information content (AvgIpc) is 2.74. The molecule has 0 fully saturated rings. The number of nitrogens with one attached hydrogen (secondary N) is 1. The maximum Gasteiger partial charge on any atom is 0.0340 e. The van der Waals surface area contributed by atoms with Crippen LogP contribution in [0.5, 0.6) is 0 Å². The number of rotatable bonds is 5. The first kappa shape index (κ1) is 14.2. The van der Waals surface area contributed by atoms with Crippen LogP contribution in [-0.2, 0) is 13.0 Å². The second kappa shape index (κ2) is 7.28. The normalized spacial score (nSPS) is 15.2. The van der Waals surface area contributed by atoms with Gasteiger partial charge in [-0.3, -0.25) is 4.90 Å². The van der Waals surface area contributed by atoms with Gasteiger partial charge in [0.1, 0.15) is 0 Å². The molecule has 0 atom stereocenters. The van der Waals surface area contributed by atoms with Crippen LogP contribution in [0.3, 0.4) is 0 Å². The quantitative estimate of drug-likeness (QED) is 0.835. The highest BCUT2D eigenvalue weighted by Crippen LogP contribution is 2.18. The Bertz CT molecular complexity index is 551. The first-order valence-electron chi connectivity index (χ1n) is 8.00. The summed E-state index contributed by atoms with van der Waals surface area (Å²) in [6, 6.07) is 19.4. The van der Waals surface area contributed by atoms with Gasteiger partial charge in [-0.05, 0) is 49.1 Å². The minimum atomic E-state index is 1.04. The molecule has 0 saturated carbocycles. The van der Waals surface area contributed by atoms with Crippen LogP contribution < -0.4 is 5.32 Å². The largest absolute Gasteiger partial charge is 0.385 e. The second-order valence-corrected chi connectivity index (χ2v) is 5.79. The first-order valence-corrected chi connectivity index (χ1v) is 8.00. The highest BCUT2D eigenvalue weighted by molar-refractivity contribution is 5.42. The molecule has 0 amide bonds. The second-order valence-electron chi connectivity index (χ2n) is 5.79. The van der Waals surface area contributed by atoms with E-state index in [1.165, 1.54) is 43.6 Å². The molecule has 21 heavy (non-hydrogen) atoms. The molecule has 2 aromatic carbocycles. The molecule has 2 aromatic rings. The van der Waals surface area contributed by atoms with Crippen molar-refractivity contribution in [3.05, 3.63) is 65.7 Å². The van der Waals surface area contributed by atoms with Gasteiger partial charge in [-0.15, -0.1) is 0 Å². The Balaban J connectivity index is 1.45. The summed E-state index contributed by atoms with van der Waals surface area (Å²) in [5.41, 5.74) is 4.28. The smallest absolute Gasteiger partial charge is 0.0340 e. The third-order valence-corrected chi connectivity index (χ3v) is 4.19. The molecule has 1 N–H and O–H groups in total. The van der Waals surface area contributed by atoms with Crippen molar-refractivity contribution in [2.75, 3.05) is 25.0 Å². The number of hydrogen-bond acceptors (Lipinski definition) is 2. The summed E-state index contributed by atoms with van der Waals surface area (Å²) in [7, 11) is 0. The summed E-state index contributed by atoms with van der Waals surface area (Å²) in [4.78, 5) is 2.60. The molecule has 0 aromatic heterocycles. The lowest BCUT2D eigenvalue weighted by Gasteiger charge is -2.20. The van der Waals surface area contributed by atoms with Crippen molar-refractivity contribution in [2.45, 2.75) is 25.8 Å². The van der Waals surface area contributed by atoms with Crippen molar-refractivity contribution in [2.24, 2.45) is 0 Å². The number of hydrogen-bond donors (Lipinski definition) is 1. The zero-order valence-electron chi connectivity index (χ0n) is 12.6. The molecule has 1 aliphatic rings. The minimum absolute atomic E-state index is 1.04. The Morgan fingerprint density at radius 2 is 1.67 bits per heavy atom. The van der Waals surface area contributed by atoms with Crippen LogP contribution in [0.1, 0.15) is 24.0 Å². The number of aryl methyl sites for hydroxylation is 1. The van der Waals surface area contributed by atoms with E-state index in [1.807, 2.05) is 0 Å². The summed E-state index contributed by atoms with van der Waals surface area (Å²) in [5, 5.41) is 3.49. The van der Waals surface area contributed by atoms with E-state index in [9.17, 15) is 0 Å². The molecule has 2 heteroatoms. The number of nitrogens with zero attached hydrogens (tertiary/aromatic N) is 1. The molecule has 110 valence electrons. The zero-order valence-corrected chi connectivity index (χ0v) is 12.6. The van der Waals surface area contributed by atoms with Gasteiger partial charge in [-0.25, -0.2) is 0 Å².